The first kappa shape index (κ1) is 12.1. The molecule has 0 aliphatic rings. The van der Waals surface area contributed by atoms with Crippen LogP contribution in [0.25, 0.3) is 0 Å². The molecule has 0 radical (unpaired) electrons. The Hall–Kier alpha value is -1.39. The van der Waals surface area contributed by atoms with E-state index in [-0.39, 0.29) is 0 Å². The number of benzene rings is 1. The van der Waals surface area contributed by atoms with Crippen molar-refractivity contribution in [3.63, 3.8) is 0 Å². The molecule has 0 bridgehead atoms. The molecule has 0 atom stereocenters. The fourth-order valence-corrected chi connectivity index (χ4v) is 2.15. The Labute approximate surface area is 105 Å². The van der Waals surface area contributed by atoms with E-state index in [9.17, 15) is 0 Å². The summed E-state index contributed by atoms with van der Waals surface area (Å²) >= 11 is 1.67. The van der Waals surface area contributed by atoms with Gasteiger partial charge in [0.05, 0.1) is 5.69 Å². The van der Waals surface area contributed by atoms with Crippen molar-refractivity contribution in [2.45, 2.75) is 20.1 Å². The summed E-state index contributed by atoms with van der Waals surface area (Å²) in [5, 5.41) is 6.42. The van der Waals surface area contributed by atoms with Crippen LogP contribution in [0, 0.1) is 0 Å². The molecule has 0 spiro atoms. The fourth-order valence-electron chi connectivity index (χ4n) is 1.40. The van der Waals surface area contributed by atoms with Gasteiger partial charge in [-0.3, -0.25) is 0 Å². The zero-order valence-electron chi connectivity index (χ0n) is 9.85. The lowest BCUT2D eigenvalue weighted by Crippen LogP contribution is -2.11. The molecular weight excluding hydrogens is 232 g/mol. The van der Waals surface area contributed by atoms with Gasteiger partial charge in [-0.05, 0) is 18.7 Å². The van der Waals surface area contributed by atoms with Gasteiger partial charge in [-0.15, -0.1) is 11.3 Å². The molecule has 0 amide bonds. The van der Waals surface area contributed by atoms with Crippen LogP contribution in [0.4, 0.5) is 0 Å². The minimum Gasteiger partial charge on any atom is -0.487 e. The van der Waals surface area contributed by atoms with Gasteiger partial charge in [-0.25, -0.2) is 4.98 Å². The lowest BCUT2D eigenvalue weighted by atomic mass is 10.3. The Morgan fingerprint density at radius 2 is 2.12 bits per heavy atom. The Balaban J connectivity index is 1.85. The smallest absolute Gasteiger partial charge is 0.131 e. The van der Waals surface area contributed by atoms with Crippen molar-refractivity contribution in [2.75, 3.05) is 6.54 Å². The zero-order chi connectivity index (χ0) is 11.9. The molecule has 1 aromatic carbocycles. The summed E-state index contributed by atoms with van der Waals surface area (Å²) in [5.74, 6) is 0.883. The maximum atomic E-state index is 5.63. The summed E-state index contributed by atoms with van der Waals surface area (Å²) in [6.45, 7) is 4.43. The van der Waals surface area contributed by atoms with Gasteiger partial charge in [0.2, 0.25) is 0 Å². The lowest BCUT2D eigenvalue weighted by molar-refractivity contribution is 0.302. The number of hydrogen-bond acceptors (Lipinski definition) is 4. The predicted octanol–water partition coefficient (Wildman–Crippen LogP) is 2.83. The van der Waals surface area contributed by atoms with Crippen LogP contribution in [0.1, 0.15) is 17.6 Å². The lowest BCUT2D eigenvalue weighted by Gasteiger charge is -2.02. The van der Waals surface area contributed by atoms with Crippen molar-refractivity contribution in [1.29, 1.82) is 0 Å². The summed E-state index contributed by atoms with van der Waals surface area (Å²) in [5.41, 5.74) is 0.992. The number of nitrogens with one attached hydrogen (secondary N) is 1. The second-order valence-electron chi connectivity index (χ2n) is 3.61. The van der Waals surface area contributed by atoms with Crippen molar-refractivity contribution in [2.24, 2.45) is 0 Å². The van der Waals surface area contributed by atoms with Crippen molar-refractivity contribution in [3.05, 3.63) is 46.4 Å². The third-order valence-electron chi connectivity index (χ3n) is 2.26. The average molecular weight is 248 g/mol. The number of hydrogen-bond donors (Lipinski definition) is 1. The number of aromatic nitrogens is 1. The van der Waals surface area contributed by atoms with E-state index in [2.05, 4.69) is 22.6 Å². The molecule has 90 valence electrons. The minimum atomic E-state index is 0.534. The summed E-state index contributed by atoms with van der Waals surface area (Å²) in [6, 6.07) is 9.81. The molecule has 1 aromatic heterocycles. The summed E-state index contributed by atoms with van der Waals surface area (Å²) in [7, 11) is 0. The first-order valence-corrected chi connectivity index (χ1v) is 6.58. The van der Waals surface area contributed by atoms with Gasteiger partial charge in [0.1, 0.15) is 17.4 Å². The predicted molar refractivity (Wildman–Crippen MR) is 70.3 cm³/mol. The van der Waals surface area contributed by atoms with E-state index in [4.69, 9.17) is 4.74 Å². The molecule has 2 rings (SSSR count). The fraction of sp³-hybridized carbons (Fsp3) is 0.308. The highest BCUT2D eigenvalue weighted by Gasteiger charge is 2.02. The van der Waals surface area contributed by atoms with Crippen molar-refractivity contribution >= 4 is 11.3 Å². The maximum absolute atomic E-state index is 5.63. The van der Waals surface area contributed by atoms with Crippen LogP contribution < -0.4 is 10.1 Å². The zero-order valence-corrected chi connectivity index (χ0v) is 10.7. The highest BCUT2D eigenvalue weighted by Crippen LogP contribution is 2.14. The second kappa shape index (κ2) is 6.37. The first-order chi connectivity index (χ1) is 8.38. The monoisotopic (exact) mass is 248 g/mol. The van der Waals surface area contributed by atoms with Crippen molar-refractivity contribution in [1.82, 2.24) is 10.3 Å². The van der Waals surface area contributed by atoms with Gasteiger partial charge < -0.3 is 10.1 Å². The molecule has 0 saturated carbocycles. The summed E-state index contributed by atoms with van der Waals surface area (Å²) < 4.78 is 5.63. The Bertz CT molecular complexity index is 442. The van der Waals surface area contributed by atoms with Crippen LogP contribution in [0.3, 0.4) is 0 Å². The van der Waals surface area contributed by atoms with E-state index in [1.165, 1.54) is 0 Å². The van der Waals surface area contributed by atoms with E-state index in [1.807, 2.05) is 30.3 Å². The maximum Gasteiger partial charge on any atom is 0.131 e. The number of rotatable bonds is 6. The van der Waals surface area contributed by atoms with Gasteiger partial charge in [0.25, 0.3) is 0 Å². The van der Waals surface area contributed by atoms with E-state index < -0.39 is 0 Å². The number of para-hydroxylation sites is 1. The van der Waals surface area contributed by atoms with Gasteiger partial charge in [-0.1, -0.05) is 25.1 Å². The largest absolute Gasteiger partial charge is 0.487 e. The Kier molecular flexibility index (Phi) is 4.53. The third kappa shape index (κ3) is 3.84. The third-order valence-corrected chi connectivity index (χ3v) is 3.15. The molecule has 1 N–H and O–H groups in total. The van der Waals surface area contributed by atoms with Gasteiger partial charge >= 0.3 is 0 Å². The minimum absolute atomic E-state index is 0.534. The molecule has 0 saturated heterocycles. The highest BCUT2D eigenvalue weighted by molar-refractivity contribution is 7.09. The molecular formula is C13H16N2OS. The Morgan fingerprint density at radius 3 is 2.88 bits per heavy atom. The van der Waals surface area contributed by atoms with Crippen LogP contribution in [0.2, 0.25) is 0 Å². The quantitative estimate of drug-likeness (QED) is 0.853. The molecule has 2 aromatic rings. The molecule has 1 heterocycles. The molecule has 0 aliphatic heterocycles. The van der Waals surface area contributed by atoms with Crippen LogP contribution >= 0.6 is 11.3 Å². The molecule has 0 unspecified atom stereocenters. The number of nitrogens with zero attached hydrogens (tertiary/aromatic N) is 1. The summed E-state index contributed by atoms with van der Waals surface area (Å²) in [4.78, 5) is 4.49. The van der Waals surface area contributed by atoms with E-state index in [1.54, 1.807) is 11.3 Å². The van der Waals surface area contributed by atoms with Crippen LogP contribution in [-0.2, 0) is 13.2 Å². The van der Waals surface area contributed by atoms with E-state index in [0.29, 0.717) is 6.61 Å². The first-order valence-electron chi connectivity index (χ1n) is 5.70. The van der Waals surface area contributed by atoms with Gasteiger partial charge in [0.15, 0.2) is 0 Å². The van der Waals surface area contributed by atoms with Crippen molar-refractivity contribution < 1.29 is 4.74 Å². The van der Waals surface area contributed by atoms with Crippen LogP contribution in [0.5, 0.6) is 5.75 Å². The van der Waals surface area contributed by atoms with E-state index >= 15 is 0 Å². The highest BCUT2D eigenvalue weighted by atomic mass is 32.1. The summed E-state index contributed by atoms with van der Waals surface area (Å²) in [6.07, 6.45) is 0. The van der Waals surface area contributed by atoms with Gasteiger partial charge in [-0.2, -0.15) is 0 Å². The van der Waals surface area contributed by atoms with Crippen molar-refractivity contribution in [3.8, 4) is 5.75 Å². The molecule has 0 aliphatic carbocycles. The second-order valence-corrected chi connectivity index (χ2v) is 4.56. The molecule has 0 fully saturated rings. The topological polar surface area (TPSA) is 34.2 Å². The normalized spacial score (nSPS) is 10.4. The molecule has 4 heteroatoms. The molecule has 17 heavy (non-hydrogen) atoms. The van der Waals surface area contributed by atoms with Crippen LogP contribution in [0.15, 0.2) is 35.7 Å². The standard InChI is InChI=1S/C13H16N2OS/c1-2-14-8-13-15-11(10-17-13)9-16-12-6-4-3-5-7-12/h3-7,10,14H,2,8-9H2,1H3. The Morgan fingerprint density at radius 1 is 1.29 bits per heavy atom. The van der Waals surface area contributed by atoms with Gasteiger partial charge in [0, 0.05) is 11.9 Å². The number of thiazole rings is 1. The average Bonchev–Trinajstić information content (AvgIpc) is 2.83. The van der Waals surface area contributed by atoms with Crippen LogP contribution in [-0.4, -0.2) is 11.5 Å². The SMILES string of the molecule is CCNCc1nc(COc2ccccc2)cs1. The molecule has 3 nitrogen and oxygen atoms in total. The number of ether oxygens (including phenoxy) is 1. The van der Waals surface area contributed by atoms with E-state index in [0.717, 1.165) is 29.5 Å².